The van der Waals surface area contributed by atoms with E-state index in [2.05, 4.69) is 24.1 Å². The van der Waals surface area contributed by atoms with Crippen molar-refractivity contribution >= 4 is 6.03 Å². The van der Waals surface area contributed by atoms with E-state index < -0.39 is 0 Å². The van der Waals surface area contributed by atoms with Gasteiger partial charge in [-0.2, -0.15) is 0 Å². The molecule has 22 heavy (non-hydrogen) atoms. The minimum atomic E-state index is 0.0815. The van der Waals surface area contributed by atoms with Crippen LogP contribution in [0.2, 0.25) is 0 Å². The van der Waals surface area contributed by atoms with Gasteiger partial charge in [-0.05, 0) is 57.7 Å². The number of amides is 2. The third-order valence-corrected chi connectivity index (χ3v) is 4.90. The summed E-state index contributed by atoms with van der Waals surface area (Å²) in [7, 11) is 0. The van der Waals surface area contributed by atoms with Gasteiger partial charge in [0.2, 0.25) is 0 Å². The van der Waals surface area contributed by atoms with E-state index in [9.17, 15) is 4.79 Å². The van der Waals surface area contributed by atoms with Crippen LogP contribution in [0.4, 0.5) is 4.79 Å². The maximum absolute atomic E-state index is 12.2. The molecule has 2 aliphatic heterocycles. The largest absolute Gasteiger partial charge is 0.377 e. The van der Waals surface area contributed by atoms with Gasteiger partial charge >= 0.3 is 6.03 Å². The monoisotopic (exact) mass is 311 g/mol. The first kappa shape index (κ1) is 17.5. The number of piperidine rings is 1. The fourth-order valence-corrected chi connectivity index (χ4v) is 3.22. The molecule has 2 rings (SSSR count). The Hall–Kier alpha value is -0.810. The van der Waals surface area contributed by atoms with Crippen molar-refractivity contribution in [3.8, 4) is 0 Å². The highest BCUT2D eigenvalue weighted by molar-refractivity contribution is 5.74. The number of hydrogen-bond donors (Lipinski definition) is 1. The number of morpholine rings is 1. The molecular weight excluding hydrogens is 278 g/mol. The first-order chi connectivity index (χ1) is 10.6. The van der Waals surface area contributed by atoms with Gasteiger partial charge in [-0.3, -0.25) is 0 Å². The number of carbonyl (C=O) groups excluding carboxylic acids is 1. The van der Waals surface area contributed by atoms with E-state index in [1.807, 2.05) is 11.8 Å². The Kier molecular flexibility index (Phi) is 6.96. The summed E-state index contributed by atoms with van der Waals surface area (Å²) in [5.74, 6) is 1.42. The highest BCUT2D eigenvalue weighted by atomic mass is 16.5. The second kappa shape index (κ2) is 8.73. The smallest absolute Gasteiger partial charge is 0.317 e. The molecule has 0 radical (unpaired) electrons. The number of urea groups is 1. The number of likely N-dealkylation sites (tertiary alicyclic amines) is 1. The summed E-state index contributed by atoms with van der Waals surface area (Å²) in [6, 6.07) is 0.268. The van der Waals surface area contributed by atoms with Gasteiger partial charge in [-0.1, -0.05) is 13.8 Å². The third kappa shape index (κ3) is 5.43. The lowest BCUT2D eigenvalue weighted by Gasteiger charge is -2.35. The normalized spacial score (nSPS) is 24.7. The van der Waals surface area contributed by atoms with Gasteiger partial charge < -0.3 is 19.9 Å². The lowest BCUT2D eigenvalue weighted by Crippen LogP contribution is -2.52. The van der Waals surface area contributed by atoms with Gasteiger partial charge in [-0.15, -0.1) is 0 Å². The van der Waals surface area contributed by atoms with Crippen LogP contribution < -0.4 is 5.32 Å². The topological polar surface area (TPSA) is 44.8 Å². The average Bonchev–Trinajstić information content (AvgIpc) is 2.52. The number of nitrogens with zero attached hydrogens (tertiary/aromatic N) is 2. The van der Waals surface area contributed by atoms with E-state index in [0.717, 1.165) is 12.5 Å². The van der Waals surface area contributed by atoms with Crippen molar-refractivity contribution < 1.29 is 9.53 Å². The molecule has 0 bridgehead atoms. The molecule has 2 fully saturated rings. The van der Waals surface area contributed by atoms with E-state index in [1.54, 1.807) is 0 Å². The quantitative estimate of drug-likeness (QED) is 0.846. The molecule has 0 aliphatic carbocycles. The molecule has 0 aromatic rings. The standard InChI is InChI=1S/C17H33N3O2/c1-14(2)4-7-19-8-5-16(6-9-19)12-18-17(21)20-10-11-22-13-15(20)3/h14-16H,4-13H2,1-3H3,(H,18,21). The summed E-state index contributed by atoms with van der Waals surface area (Å²) in [5, 5.41) is 3.13. The molecule has 5 nitrogen and oxygen atoms in total. The molecule has 2 amide bonds. The van der Waals surface area contributed by atoms with Crippen LogP contribution in [0.3, 0.4) is 0 Å². The van der Waals surface area contributed by atoms with Crippen LogP contribution in [0.15, 0.2) is 0 Å². The molecule has 2 aliphatic rings. The van der Waals surface area contributed by atoms with Crippen molar-refractivity contribution in [2.75, 3.05) is 45.9 Å². The molecule has 128 valence electrons. The van der Waals surface area contributed by atoms with Crippen molar-refractivity contribution in [1.82, 2.24) is 15.1 Å². The summed E-state index contributed by atoms with van der Waals surface area (Å²) in [6.07, 6.45) is 3.70. The minimum absolute atomic E-state index is 0.0815. The van der Waals surface area contributed by atoms with Crippen molar-refractivity contribution in [1.29, 1.82) is 0 Å². The lowest BCUT2D eigenvalue weighted by molar-refractivity contribution is 0.0187. The van der Waals surface area contributed by atoms with E-state index in [1.165, 1.54) is 38.9 Å². The molecular formula is C17H33N3O2. The minimum Gasteiger partial charge on any atom is -0.377 e. The van der Waals surface area contributed by atoms with E-state index in [4.69, 9.17) is 4.74 Å². The second-order valence-corrected chi connectivity index (χ2v) is 7.27. The van der Waals surface area contributed by atoms with Gasteiger partial charge in [0.1, 0.15) is 0 Å². The van der Waals surface area contributed by atoms with Crippen molar-refractivity contribution in [2.24, 2.45) is 11.8 Å². The first-order valence-electron chi connectivity index (χ1n) is 8.91. The Balaban J connectivity index is 1.63. The van der Waals surface area contributed by atoms with Gasteiger partial charge in [-0.25, -0.2) is 4.79 Å². The van der Waals surface area contributed by atoms with Crippen LogP contribution >= 0.6 is 0 Å². The van der Waals surface area contributed by atoms with Crippen LogP contribution in [0.1, 0.15) is 40.0 Å². The maximum atomic E-state index is 12.2. The molecule has 2 saturated heterocycles. The van der Waals surface area contributed by atoms with E-state index in [0.29, 0.717) is 25.7 Å². The Morgan fingerprint density at radius 1 is 1.27 bits per heavy atom. The summed E-state index contributed by atoms with van der Waals surface area (Å²) in [5.41, 5.74) is 0. The summed E-state index contributed by atoms with van der Waals surface area (Å²) in [6.45, 7) is 13.1. The predicted octanol–water partition coefficient (Wildman–Crippen LogP) is 2.17. The number of ether oxygens (including phenoxy) is 1. The zero-order chi connectivity index (χ0) is 15.9. The molecule has 1 N–H and O–H groups in total. The van der Waals surface area contributed by atoms with Crippen molar-refractivity contribution in [2.45, 2.75) is 46.1 Å². The van der Waals surface area contributed by atoms with Gasteiger partial charge in [0.05, 0.1) is 19.3 Å². The van der Waals surface area contributed by atoms with Gasteiger partial charge in [0, 0.05) is 13.1 Å². The highest BCUT2D eigenvalue weighted by Crippen LogP contribution is 2.17. The first-order valence-corrected chi connectivity index (χ1v) is 8.91. The fraction of sp³-hybridized carbons (Fsp3) is 0.941. The molecule has 5 heteroatoms. The second-order valence-electron chi connectivity index (χ2n) is 7.27. The molecule has 0 aromatic carbocycles. The summed E-state index contributed by atoms with van der Waals surface area (Å²) in [4.78, 5) is 16.7. The Bertz CT molecular complexity index is 341. The van der Waals surface area contributed by atoms with Crippen LogP contribution in [0.25, 0.3) is 0 Å². The number of carbonyl (C=O) groups is 1. The zero-order valence-electron chi connectivity index (χ0n) is 14.5. The Labute approximate surface area is 135 Å². The van der Waals surface area contributed by atoms with Crippen molar-refractivity contribution in [3.63, 3.8) is 0 Å². The SMILES string of the molecule is CC(C)CCN1CCC(CNC(=O)N2CCOCC2C)CC1. The number of nitrogens with one attached hydrogen (secondary N) is 1. The summed E-state index contributed by atoms with van der Waals surface area (Å²) < 4.78 is 5.38. The molecule has 2 heterocycles. The summed E-state index contributed by atoms with van der Waals surface area (Å²) >= 11 is 0. The van der Waals surface area contributed by atoms with Gasteiger partial charge in [0.25, 0.3) is 0 Å². The molecule has 0 spiro atoms. The van der Waals surface area contributed by atoms with E-state index >= 15 is 0 Å². The van der Waals surface area contributed by atoms with Gasteiger partial charge in [0.15, 0.2) is 0 Å². The fourth-order valence-electron chi connectivity index (χ4n) is 3.22. The Morgan fingerprint density at radius 3 is 2.64 bits per heavy atom. The average molecular weight is 311 g/mol. The molecule has 1 atom stereocenters. The lowest BCUT2D eigenvalue weighted by atomic mass is 9.96. The molecule has 0 aromatic heterocycles. The van der Waals surface area contributed by atoms with Crippen LogP contribution in [0.5, 0.6) is 0 Å². The zero-order valence-corrected chi connectivity index (χ0v) is 14.5. The van der Waals surface area contributed by atoms with Crippen LogP contribution in [-0.2, 0) is 4.74 Å². The molecule has 0 saturated carbocycles. The molecule has 1 unspecified atom stereocenters. The van der Waals surface area contributed by atoms with Crippen molar-refractivity contribution in [3.05, 3.63) is 0 Å². The maximum Gasteiger partial charge on any atom is 0.317 e. The number of rotatable bonds is 5. The Morgan fingerprint density at radius 2 is 2.00 bits per heavy atom. The van der Waals surface area contributed by atoms with E-state index in [-0.39, 0.29) is 12.1 Å². The predicted molar refractivity (Wildman–Crippen MR) is 89.0 cm³/mol. The highest BCUT2D eigenvalue weighted by Gasteiger charge is 2.25. The number of hydrogen-bond acceptors (Lipinski definition) is 3. The van der Waals surface area contributed by atoms with Crippen LogP contribution in [-0.4, -0.2) is 67.8 Å². The third-order valence-electron chi connectivity index (χ3n) is 4.90. The van der Waals surface area contributed by atoms with Crippen LogP contribution in [0, 0.1) is 11.8 Å².